The van der Waals surface area contributed by atoms with E-state index in [-0.39, 0.29) is 18.2 Å². The second kappa shape index (κ2) is 11.9. The summed E-state index contributed by atoms with van der Waals surface area (Å²) in [6.45, 7) is 7.18. The van der Waals surface area contributed by atoms with Gasteiger partial charge in [0.1, 0.15) is 0 Å². The minimum absolute atomic E-state index is 0.0162. The molecule has 4 aromatic rings. The van der Waals surface area contributed by atoms with Crippen molar-refractivity contribution in [3.05, 3.63) is 101 Å². The van der Waals surface area contributed by atoms with Gasteiger partial charge in [-0.15, -0.1) is 0 Å². The van der Waals surface area contributed by atoms with Gasteiger partial charge in [-0.2, -0.15) is 0 Å². The van der Waals surface area contributed by atoms with Crippen LogP contribution >= 0.6 is 0 Å². The highest BCUT2D eigenvalue weighted by Crippen LogP contribution is 2.30. The van der Waals surface area contributed by atoms with Gasteiger partial charge in [0.2, 0.25) is 0 Å². The number of aromatic nitrogens is 1. The zero-order chi connectivity index (χ0) is 26.4. The number of rotatable bonds is 12. The molecule has 4 rings (SSSR count). The van der Waals surface area contributed by atoms with E-state index in [9.17, 15) is 14.7 Å². The summed E-state index contributed by atoms with van der Waals surface area (Å²) in [6, 6.07) is 24.2. The molecule has 0 fully saturated rings. The number of nitrogens with one attached hydrogen (secondary N) is 1. The molecule has 0 spiro atoms. The van der Waals surface area contributed by atoms with Crippen molar-refractivity contribution >= 4 is 28.3 Å². The second-order valence-corrected chi connectivity index (χ2v) is 10.1. The van der Waals surface area contributed by atoms with Crippen LogP contribution in [0.2, 0.25) is 0 Å². The Morgan fingerprint density at radius 2 is 1.68 bits per heavy atom. The smallest absolute Gasteiger partial charge is 0.303 e. The lowest BCUT2D eigenvalue weighted by molar-refractivity contribution is -0.137. The fraction of sp³-hybridized carbons (Fsp3) is 0.312. The molecule has 5 heteroatoms. The number of ketones is 1. The van der Waals surface area contributed by atoms with Crippen LogP contribution in [-0.2, 0) is 17.8 Å². The summed E-state index contributed by atoms with van der Waals surface area (Å²) in [6.07, 6.45) is 4.39. The number of hydrogen-bond donors (Lipinski definition) is 2. The van der Waals surface area contributed by atoms with Crippen molar-refractivity contribution < 1.29 is 14.7 Å². The molecule has 1 aromatic heterocycles. The maximum atomic E-state index is 13.7. The molecular weight excluding hydrogens is 460 g/mol. The average molecular weight is 497 g/mol. The van der Waals surface area contributed by atoms with E-state index in [1.807, 2.05) is 54.7 Å². The van der Waals surface area contributed by atoms with Crippen LogP contribution in [0.4, 0.5) is 5.69 Å². The topological polar surface area (TPSA) is 71.3 Å². The van der Waals surface area contributed by atoms with Crippen LogP contribution in [-0.4, -0.2) is 21.4 Å². The highest BCUT2D eigenvalue weighted by molar-refractivity contribution is 6.16. The third kappa shape index (κ3) is 6.48. The van der Waals surface area contributed by atoms with Crippen molar-refractivity contribution in [2.75, 3.05) is 5.32 Å². The average Bonchev–Trinajstić information content (AvgIpc) is 3.27. The van der Waals surface area contributed by atoms with Crippen LogP contribution < -0.4 is 5.32 Å². The van der Waals surface area contributed by atoms with Crippen molar-refractivity contribution in [3.8, 4) is 0 Å². The lowest BCUT2D eigenvalue weighted by atomic mass is 10.0. The number of fused-ring (bicyclic) bond motifs is 1. The largest absolute Gasteiger partial charge is 0.481 e. The molecule has 0 aliphatic rings. The molecule has 192 valence electrons. The van der Waals surface area contributed by atoms with E-state index in [4.69, 9.17) is 0 Å². The van der Waals surface area contributed by atoms with Crippen molar-refractivity contribution in [2.24, 2.45) is 5.92 Å². The van der Waals surface area contributed by atoms with Crippen LogP contribution in [0, 0.1) is 5.92 Å². The Bertz CT molecular complexity index is 1370. The number of carboxylic acid groups (broad SMARTS) is 1. The molecule has 0 aliphatic heterocycles. The van der Waals surface area contributed by atoms with Crippen molar-refractivity contribution in [1.29, 1.82) is 0 Å². The fourth-order valence-electron chi connectivity index (χ4n) is 4.91. The van der Waals surface area contributed by atoms with Crippen LogP contribution in [0.1, 0.15) is 73.1 Å². The van der Waals surface area contributed by atoms with Crippen LogP contribution in [0.25, 0.3) is 10.9 Å². The van der Waals surface area contributed by atoms with Gasteiger partial charge in [-0.05, 0) is 54.5 Å². The van der Waals surface area contributed by atoms with E-state index in [0.29, 0.717) is 30.0 Å². The van der Waals surface area contributed by atoms with E-state index < -0.39 is 5.97 Å². The van der Waals surface area contributed by atoms with Crippen LogP contribution in [0.5, 0.6) is 0 Å². The molecule has 0 radical (unpaired) electrons. The van der Waals surface area contributed by atoms with Crippen LogP contribution in [0.3, 0.4) is 0 Å². The van der Waals surface area contributed by atoms with Gasteiger partial charge in [0, 0.05) is 52.9 Å². The third-order valence-electron chi connectivity index (χ3n) is 6.83. The maximum Gasteiger partial charge on any atom is 0.303 e. The van der Waals surface area contributed by atoms with E-state index >= 15 is 0 Å². The first-order valence-electron chi connectivity index (χ1n) is 13.1. The maximum absolute atomic E-state index is 13.7. The summed E-state index contributed by atoms with van der Waals surface area (Å²) in [5.74, 6) is -0.206. The van der Waals surface area contributed by atoms with Crippen molar-refractivity contribution in [3.63, 3.8) is 0 Å². The van der Waals surface area contributed by atoms with E-state index in [2.05, 4.69) is 54.9 Å². The van der Waals surface area contributed by atoms with Crippen LogP contribution in [0.15, 0.2) is 79.0 Å². The highest BCUT2D eigenvalue weighted by atomic mass is 16.4. The second-order valence-electron chi connectivity index (χ2n) is 10.1. The lowest BCUT2D eigenvalue weighted by Gasteiger charge is -2.17. The van der Waals surface area contributed by atoms with Gasteiger partial charge in [-0.3, -0.25) is 9.59 Å². The first-order chi connectivity index (χ1) is 17.9. The monoisotopic (exact) mass is 496 g/mol. The Labute approximate surface area is 219 Å². The van der Waals surface area contributed by atoms with E-state index in [1.165, 1.54) is 11.1 Å². The van der Waals surface area contributed by atoms with Gasteiger partial charge in [0.15, 0.2) is 5.78 Å². The zero-order valence-electron chi connectivity index (χ0n) is 21.9. The van der Waals surface area contributed by atoms with Gasteiger partial charge < -0.3 is 15.0 Å². The zero-order valence-corrected chi connectivity index (χ0v) is 21.9. The first-order valence-corrected chi connectivity index (χ1v) is 13.1. The molecule has 0 saturated carbocycles. The number of carbonyl (C=O) groups excluding carboxylic acids is 1. The first kappa shape index (κ1) is 26.2. The number of hydrogen-bond acceptors (Lipinski definition) is 3. The molecule has 1 atom stereocenters. The number of anilines is 1. The summed E-state index contributed by atoms with van der Waals surface area (Å²) < 4.78 is 2.08. The Kier molecular flexibility index (Phi) is 8.44. The number of carbonyl (C=O) groups is 2. The summed E-state index contributed by atoms with van der Waals surface area (Å²) in [4.78, 5) is 24.8. The number of nitrogens with zero attached hydrogens (tertiary/aromatic N) is 1. The summed E-state index contributed by atoms with van der Waals surface area (Å²) in [5.41, 5.74) is 5.66. The Morgan fingerprint density at radius 1 is 0.946 bits per heavy atom. The molecule has 1 heterocycles. The van der Waals surface area contributed by atoms with Gasteiger partial charge in [0.25, 0.3) is 0 Å². The SMILES string of the molecule is CCC(CCC(=O)O)n1cc(C(=O)c2cccc(NCc3ccc(CC(C)C)cc3)c2)c2ccccc21. The summed E-state index contributed by atoms with van der Waals surface area (Å²) in [5, 5.41) is 13.5. The minimum atomic E-state index is -0.804. The Balaban J connectivity index is 1.54. The number of benzene rings is 3. The van der Waals surface area contributed by atoms with E-state index in [0.717, 1.165) is 29.4 Å². The molecule has 0 saturated heterocycles. The summed E-state index contributed by atoms with van der Waals surface area (Å²) in [7, 11) is 0. The molecule has 1 unspecified atom stereocenters. The van der Waals surface area contributed by atoms with E-state index in [1.54, 1.807) is 0 Å². The lowest BCUT2D eigenvalue weighted by Crippen LogP contribution is -2.09. The highest BCUT2D eigenvalue weighted by Gasteiger charge is 2.20. The van der Waals surface area contributed by atoms with Gasteiger partial charge in [-0.25, -0.2) is 0 Å². The predicted octanol–water partition coefficient (Wildman–Crippen LogP) is 7.50. The molecular formula is C32H36N2O3. The molecule has 2 N–H and O–H groups in total. The molecule has 0 bridgehead atoms. The quantitative estimate of drug-likeness (QED) is 0.199. The number of para-hydroxylation sites is 1. The summed E-state index contributed by atoms with van der Waals surface area (Å²) >= 11 is 0. The van der Waals surface area contributed by atoms with Crippen molar-refractivity contribution in [2.45, 2.75) is 59.0 Å². The number of carboxylic acids is 1. The Morgan fingerprint density at radius 3 is 2.38 bits per heavy atom. The van der Waals surface area contributed by atoms with Gasteiger partial charge in [-0.1, -0.05) is 75.4 Å². The predicted molar refractivity (Wildman–Crippen MR) is 150 cm³/mol. The molecule has 5 nitrogen and oxygen atoms in total. The van der Waals surface area contributed by atoms with Crippen molar-refractivity contribution in [1.82, 2.24) is 4.57 Å². The van der Waals surface area contributed by atoms with Gasteiger partial charge in [0.05, 0.1) is 0 Å². The molecule has 3 aromatic carbocycles. The standard InChI is InChI=1S/C32H36N2O3/c1-4-27(16-17-31(35)36)34-21-29(28-10-5-6-11-30(28)34)32(37)25-8-7-9-26(19-25)33-20-24-14-12-23(13-15-24)18-22(2)3/h5-15,19,21-22,27,33H,4,16-18,20H2,1-3H3,(H,35,36). The normalized spacial score (nSPS) is 12.1. The minimum Gasteiger partial charge on any atom is -0.481 e. The third-order valence-corrected chi connectivity index (χ3v) is 6.83. The molecule has 0 amide bonds. The Hall–Kier alpha value is -3.86. The van der Waals surface area contributed by atoms with Gasteiger partial charge >= 0.3 is 5.97 Å². The number of aliphatic carboxylic acids is 1. The molecule has 0 aliphatic carbocycles. The fourth-order valence-corrected chi connectivity index (χ4v) is 4.91. The molecule has 37 heavy (non-hydrogen) atoms.